The minimum Gasteiger partial charge on any atom is -0.496 e. The van der Waals surface area contributed by atoms with E-state index in [1.54, 1.807) is 6.07 Å². The highest BCUT2D eigenvalue weighted by atomic mass is 16.5. The number of nitrogens with zero attached hydrogens (tertiary/aromatic N) is 1. The van der Waals surface area contributed by atoms with Crippen LogP contribution in [-0.2, 0) is 4.79 Å². The molecular formula is C19H23N3O3. The van der Waals surface area contributed by atoms with Gasteiger partial charge in [0, 0.05) is 0 Å². The van der Waals surface area contributed by atoms with Gasteiger partial charge in [0.2, 0.25) is 0 Å². The third-order valence-corrected chi connectivity index (χ3v) is 4.44. The lowest BCUT2D eigenvalue weighted by atomic mass is 10.1. The van der Waals surface area contributed by atoms with Crippen LogP contribution in [0.15, 0.2) is 36.4 Å². The molecule has 25 heavy (non-hydrogen) atoms. The lowest BCUT2D eigenvalue weighted by Gasteiger charge is -2.25. The van der Waals surface area contributed by atoms with Crippen LogP contribution in [0.5, 0.6) is 5.75 Å². The number of rotatable bonds is 4. The molecule has 1 aliphatic heterocycles. The number of benzene rings is 2. The summed E-state index contributed by atoms with van der Waals surface area (Å²) in [7, 11) is 1.52. The summed E-state index contributed by atoms with van der Waals surface area (Å²) < 4.78 is 5.32. The van der Waals surface area contributed by atoms with E-state index in [2.05, 4.69) is 15.8 Å². The Bertz CT molecular complexity index is 770. The molecule has 0 radical (unpaired) electrons. The molecule has 0 bridgehead atoms. The number of amides is 2. The van der Waals surface area contributed by atoms with Gasteiger partial charge in [-0.3, -0.25) is 25.3 Å². The summed E-state index contributed by atoms with van der Waals surface area (Å²) in [6, 6.07) is 11.3. The number of ether oxygens (including phenoxy) is 1. The minimum atomic E-state index is -0.394. The molecule has 2 N–H and O–H groups in total. The van der Waals surface area contributed by atoms with E-state index in [-0.39, 0.29) is 5.91 Å². The molecule has 0 saturated carbocycles. The molecule has 2 amide bonds. The number of carbonyl (C=O) groups is 2. The maximum absolute atomic E-state index is 12.4. The Labute approximate surface area is 147 Å². The van der Waals surface area contributed by atoms with E-state index in [0.29, 0.717) is 17.9 Å². The van der Waals surface area contributed by atoms with E-state index in [1.165, 1.54) is 13.5 Å². The molecule has 2 aromatic rings. The molecule has 0 unspecified atom stereocenters. The van der Waals surface area contributed by atoms with Gasteiger partial charge in [-0.05, 0) is 48.8 Å². The first-order valence-electron chi connectivity index (χ1n) is 8.55. The van der Waals surface area contributed by atoms with Crippen LogP contribution >= 0.6 is 0 Å². The van der Waals surface area contributed by atoms with Gasteiger partial charge in [-0.2, -0.15) is 0 Å². The van der Waals surface area contributed by atoms with Gasteiger partial charge in [-0.15, -0.1) is 0 Å². The van der Waals surface area contributed by atoms with Crippen molar-refractivity contribution in [3.05, 3.63) is 42.0 Å². The quantitative estimate of drug-likeness (QED) is 0.836. The summed E-state index contributed by atoms with van der Waals surface area (Å²) in [4.78, 5) is 26.6. The Morgan fingerprint density at radius 2 is 1.72 bits per heavy atom. The fourth-order valence-electron chi connectivity index (χ4n) is 3.12. The molecular weight excluding hydrogens is 318 g/mol. The molecule has 0 spiro atoms. The van der Waals surface area contributed by atoms with Crippen molar-refractivity contribution in [2.45, 2.75) is 19.3 Å². The van der Waals surface area contributed by atoms with Crippen LogP contribution in [0.3, 0.4) is 0 Å². The standard InChI is InChI=1S/C19H23N3O3/c1-25-17-12-15-8-4-3-7-14(15)11-16(17)19(24)21-20-18(23)13-22-9-5-2-6-10-22/h3-4,7-8,11-12H,2,5-6,9-10,13H2,1H3,(H,20,23)(H,21,24). The van der Waals surface area contributed by atoms with E-state index in [9.17, 15) is 9.59 Å². The van der Waals surface area contributed by atoms with E-state index in [0.717, 1.165) is 36.7 Å². The smallest absolute Gasteiger partial charge is 0.273 e. The maximum atomic E-state index is 12.4. The zero-order valence-electron chi connectivity index (χ0n) is 14.4. The van der Waals surface area contributed by atoms with Crippen LogP contribution in [0.1, 0.15) is 29.6 Å². The second-order valence-corrected chi connectivity index (χ2v) is 6.24. The first-order chi connectivity index (χ1) is 12.2. The molecule has 0 aromatic heterocycles. The van der Waals surface area contributed by atoms with Crippen molar-refractivity contribution in [1.29, 1.82) is 0 Å². The second kappa shape index (κ2) is 7.98. The number of fused-ring (bicyclic) bond motifs is 1. The minimum absolute atomic E-state index is 0.213. The monoisotopic (exact) mass is 341 g/mol. The number of carbonyl (C=O) groups excluding carboxylic acids is 2. The highest BCUT2D eigenvalue weighted by molar-refractivity contribution is 6.02. The van der Waals surface area contributed by atoms with Crippen molar-refractivity contribution in [1.82, 2.24) is 15.8 Å². The van der Waals surface area contributed by atoms with Crippen molar-refractivity contribution >= 4 is 22.6 Å². The molecule has 0 aliphatic carbocycles. The van der Waals surface area contributed by atoms with Gasteiger partial charge in [0.25, 0.3) is 11.8 Å². The zero-order valence-corrected chi connectivity index (χ0v) is 14.4. The Balaban J connectivity index is 1.64. The highest BCUT2D eigenvalue weighted by Gasteiger charge is 2.16. The van der Waals surface area contributed by atoms with Crippen molar-refractivity contribution in [2.24, 2.45) is 0 Å². The number of hydrazine groups is 1. The first-order valence-corrected chi connectivity index (χ1v) is 8.55. The molecule has 2 aromatic carbocycles. The number of hydrogen-bond acceptors (Lipinski definition) is 4. The third-order valence-electron chi connectivity index (χ3n) is 4.44. The van der Waals surface area contributed by atoms with Gasteiger partial charge < -0.3 is 4.74 Å². The van der Waals surface area contributed by atoms with Crippen LogP contribution in [-0.4, -0.2) is 43.5 Å². The Hall–Kier alpha value is -2.60. The normalized spacial score (nSPS) is 14.9. The fourth-order valence-corrected chi connectivity index (χ4v) is 3.12. The van der Waals surface area contributed by atoms with Gasteiger partial charge in [0.15, 0.2) is 0 Å². The summed E-state index contributed by atoms with van der Waals surface area (Å²) in [6.45, 7) is 2.16. The lowest BCUT2D eigenvalue weighted by Crippen LogP contribution is -2.47. The largest absolute Gasteiger partial charge is 0.496 e. The summed E-state index contributed by atoms with van der Waals surface area (Å²) in [6.07, 6.45) is 3.46. The number of methoxy groups -OCH3 is 1. The molecule has 1 fully saturated rings. The molecule has 1 saturated heterocycles. The fraction of sp³-hybridized carbons (Fsp3) is 0.368. The molecule has 6 nitrogen and oxygen atoms in total. The number of nitrogens with one attached hydrogen (secondary N) is 2. The molecule has 1 aliphatic rings. The molecule has 6 heteroatoms. The number of hydrogen-bond donors (Lipinski definition) is 2. The van der Waals surface area contributed by atoms with Crippen LogP contribution in [0, 0.1) is 0 Å². The number of piperidine rings is 1. The zero-order chi connectivity index (χ0) is 17.6. The van der Waals surface area contributed by atoms with Crippen LogP contribution in [0.4, 0.5) is 0 Å². The summed E-state index contributed by atoms with van der Waals surface area (Å²) in [5.41, 5.74) is 5.36. The van der Waals surface area contributed by atoms with Crippen molar-refractivity contribution in [3.63, 3.8) is 0 Å². The van der Waals surface area contributed by atoms with E-state index in [4.69, 9.17) is 4.74 Å². The van der Waals surface area contributed by atoms with Gasteiger partial charge in [-0.1, -0.05) is 30.7 Å². The van der Waals surface area contributed by atoms with Gasteiger partial charge in [-0.25, -0.2) is 0 Å². The molecule has 3 rings (SSSR count). The van der Waals surface area contributed by atoms with E-state index in [1.807, 2.05) is 30.3 Å². The Morgan fingerprint density at radius 1 is 1.04 bits per heavy atom. The van der Waals surface area contributed by atoms with Gasteiger partial charge in [0.1, 0.15) is 5.75 Å². The molecule has 1 heterocycles. The van der Waals surface area contributed by atoms with Crippen LogP contribution in [0.2, 0.25) is 0 Å². The Morgan fingerprint density at radius 3 is 2.40 bits per heavy atom. The SMILES string of the molecule is COc1cc2ccccc2cc1C(=O)NNC(=O)CN1CCCCC1. The summed E-state index contributed by atoms with van der Waals surface area (Å²) in [5, 5.41) is 1.93. The predicted octanol–water partition coefficient (Wildman–Crippen LogP) is 2.10. The third kappa shape index (κ3) is 4.28. The first kappa shape index (κ1) is 17.2. The molecule has 132 valence electrons. The van der Waals surface area contributed by atoms with Crippen molar-refractivity contribution < 1.29 is 14.3 Å². The average molecular weight is 341 g/mol. The molecule has 0 atom stereocenters. The predicted molar refractivity (Wildman–Crippen MR) is 96.4 cm³/mol. The summed E-state index contributed by atoms with van der Waals surface area (Å²) >= 11 is 0. The second-order valence-electron chi connectivity index (χ2n) is 6.24. The van der Waals surface area contributed by atoms with Gasteiger partial charge >= 0.3 is 0 Å². The van der Waals surface area contributed by atoms with Gasteiger partial charge in [0.05, 0.1) is 19.2 Å². The van der Waals surface area contributed by atoms with E-state index >= 15 is 0 Å². The Kier molecular flexibility index (Phi) is 5.50. The highest BCUT2D eigenvalue weighted by Crippen LogP contribution is 2.25. The topological polar surface area (TPSA) is 70.7 Å². The number of likely N-dealkylation sites (tertiary alicyclic amines) is 1. The average Bonchev–Trinajstić information content (AvgIpc) is 2.65. The van der Waals surface area contributed by atoms with Crippen molar-refractivity contribution in [3.8, 4) is 5.75 Å². The maximum Gasteiger partial charge on any atom is 0.273 e. The lowest BCUT2D eigenvalue weighted by molar-refractivity contribution is -0.123. The summed E-state index contributed by atoms with van der Waals surface area (Å²) in [5.74, 6) is -0.133. The van der Waals surface area contributed by atoms with E-state index < -0.39 is 5.91 Å². The van der Waals surface area contributed by atoms with Crippen LogP contribution in [0.25, 0.3) is 10.8 Å². The van der Waals surface area contributed by atoms with Crippen molar-refractivity contribution in [2.75, 3.05) is 26.7 Å². The van der Waals surface area contributed by atoms with Crippen LogP contribution < -0.4 is 15.6 Å².